The Morgan fingerprint density at radius 1 is 0.692 bits per heavy atom. The molecule has 1 aromatic heterocycles. The van der Waals surface area contributed by atoms with Crippen molar-refractivity contribution in [1.82, 2.24) is 9.78 Å². The van der Waals surface area contributed by atoms with Crippen molar-refractivity contribution in [3.8, 4) is 5.69 Å². The van der Waals surface area contributed by atoms with Crippen molar-refractivity contribution < 1.29 is 0 Å². The largest absolute Gasteiger partial charge is 0.237 e. The summed E-state index contributed by atoms with van der Waals surface area (Å²) in [5, 5.41) is 8.76. The smallest absolute Gasteiger partial charge is 0.0732 e. The molecule has 4 rings (SSSR count). The minimum atomic E-state index is -0.654. The van der Waals surface area contributed by atoms with E-state index in [1.165, 1.54) is 15.9 Å². The second-order valence-corrected chi connectivity index (χ2v) is 8.52. The lowest BCUT2D eigenvalue weighted by atomic mass is 10.3. The summed E-state index contributed by atoms with van der Waals surface area (Å²) in [6.45, 7) is 4.16. The average Bonchev–Trinajstić information content (AvgIpc) is 3.02. The van der Waals surface area contributed by atoms with Gasteiger partial charge in [0.25, 0.3) is 0 Å². The van der Waals surface area contributed by atoms with Crippen molar-refractivity contribution in [2.24, 2.45) is 0 Å². The lowest BCUT2D eigenvalue weighted by molar-refractivity contribution is 0.838. The average molecular weight is 356 g/mol. The lowest BCUT2D eigenvalue weighted by Gasteiger charge is -2.22. The summed E-state index contributed by atoms with van der Waals surface area (Å²) in [7, 11) is -0.654. The van der Waals surface area contributed by atoms with Gasteiger partial charge in [0.05, 0.1) is 11.4 Å². The molecule has 0 radical (unpaired) electrons. The number of hydrogen-bond acceptors (Lipinski definition) is 1. The van der Waals surface area contributed by atoms with Crippen LogP contribution in [-0.4, -0.2) is 9.78 Å². The number of rotatable bonds is 4. The molecule has 3 heteroatoms. The summed E-state index contributed by atoms with van der Waals surface area (Å²) >= 11 is 0. The molecule has 0 aliphatic carbocycles. The van der Waals surface area contributed by atoms with Gasteiger partial charge >= 0.3 is 0 Å². The lowest BCUT2D eigenvalue weighted by Crippen LogP contribution is -2.24. The van der Waals surface area contributed by atoms with E-state index in [-0.39, 0.29) is 0 Å². The molecule has 0 saturated carbocycles. The van der Waals surface area contributed by atoms with Crippen LogP contribution in [0.3, 0.4) is 0 Å². The van der Waals surface area contributed by atoms with Crippen LogP contribution in [0.25, 0.3) is 5.69 Å². The topological polar surface area (TPSA) is 17.8 Å². The van der Waals surface area contributed by atoms with Crippen LogP contribution in [0.1, 0.15) is 11.4 Å². The van der Waals surface area contributed by atoms with Gasteiger partial charge in [0, 0.05) is 11.0 Å². The minimum absolute atomic E-state index is 0.654. The van der Waals surface area contributed by atoms with Crippen LogP contribution in [0.15, 0.2) is 91.0 Å². The molecule has 0 spiro atoms. The van der Waals surface area contributed by atoms with Gasteiger partial charge in [0.2, 0.25) is 0 Å². The first-order valence-corrected chi connectivity index (χ1v) is 10.1. The van der Waals surface area contributed by atoms with E-state index in [0.29, 0.717) is 0 Å². The van der Waals surface area contributed by atoms with Crippen LogP contribution in [0.2, 0.25) is 0 Å². The number of aryl methyl sites for hydroxylation is 2. The van der Waals surface area contributed by atoms with Crippen molar-refractivity contribution in [3.63, 3.8) is 0 Å². The van der Waals surface area contributed by atoms with Crippen molar-refractivity contribution in [2.75, 3.05) is 0 Å². The number of nitrogens with zero attached hydrogens (tertiary/aromatic N) is 2. The highest BCUT2D eigenvalue weighted by molar-refractivity contribution is 7.80. The molecule has 3 aromatic carbocycles. The highest BCUT2D eigenvalue weighted by Crippen LogP contribution is 2.35. The molecule has 26 heavy (non-hydrogen) atoms. The monoisotopic (exact) mass is 356 g/mol. The van der Waals surface area contributed by atoms with Gasteiger partial charge in [0.15, 0.2) is 0 Å². The molecule has 128 valence electrons. The van der Waals surface area contributed by atoms with E-state index in [1.54, 1.807) is 0 Å². The third kappa shape index (κ3) is 3.21. The Morgan fingerprint density at radius 3 is 1.77 bits per heavy atom. The molecule has 0 unspecified atom stereocenters. The standard InChI is InChI=1S/C23H21N2P/c1-18-17-19(2)25(24-18)22-15-9-10-16-23(22)26(20-11-5-3-6-12-20)21-13-7-4-8-14-21/h3-17H,1-2H3. The SMILES string of the molecule is Cc1cc(C)n(-c2ccccc2P(c2ccccc2)c2ccccc2)n1. The van der Waals surface area contributed by atoms with E-state index in [0.717, 1.165) is 17.1 Å². The Morgan fingerprint density at radius 2 is 1.23 bits per heavy atom. The molecule has 0 aliphatic rings. The fraction of sp³-hybridized carbons (Fsp3) is 0.0870. The van der Waals surface area contributed by atoms with E-state index in [2.05, 4.69) is 103 Å². The van der Waals surface area contributed by atoms with Crippen LogP contribution in [-0.2, 0) is 0 Å². The van der Waals surface area contributed by atoms with Gasteiger partial charge in [-0.25, -0.2) is 4.68 Å². The highest BCUT2D eigenvalue weighted by atomic mass is 31.1. The van der Waals surface area contributed by atoms with E-state index >= 15 is 0 Å². The molecule has 4 aromatic rings. The molecule has 2 nitrogen and oxygen atoms in total. The molecule has 0 atom stereocenters. The number of para-hydroxylation sites is 1. The van der Waals surface area contributed by atoms with Crippen molar-refractivity contribution >= 4 is 23.8 Å². The third-order valence-electron chi connectivity index (χ3n) is 4.39. The van der Waals surface area contributed by atoms with E-state index in [1.807, 2.05) is 6.92 Å². The summed E-state index contributed by atoms with van der Waals surface area (Å²) < 4.78 is 2.08. The van der Waals surface area contributed by atoms with Crippen molar-refractivity contribution in [2.45, 2.75) is 13.8 Å². The van der Waals surface area contributed by atoms with Gasteiger partial charge in [-0.2, -0.15) is 5.10 Å². The van der Waals surface area contributed by atoms with E-state index in [9.17, 15) is 0 Å². The molecule has 0 aliphatic heterocycles. The second-order valence-electron chi connectivity index (χ2n) is 6.33. The molecular weight excluding hydrogens is 335 g/mol. The number of hydrogen-bond donors (Lipinski definition) is 0. The highest BCUT2D eigenvalue weighted by Gasteiger charge is 2.20. The number of benzene rings is 3. The normalized spacial score (nSPS) is 11.0. The first-order chi connectivity index (χ1) is 12.7. The molecule has 0 amide bonds. The Hall–Kier alpha value is -2.70. The fourth-order valence-corrected chi connectivity index (χ4v) is 5.72. The Labute approximate surface area is 155 Å². The maximum Gasteiger partial charge on any atom is 0.0732 e. The first kappa shape index (κ1) is 16.8. The van der Waals surface area contributed by atoms with Gasteiger partial charge in [-0.15, -0.1) is 0 Å². The first-order valence-electron chi connectivity index (χ1n) is 8.77. The van der Waals surface area contributed by atoms with Crippen LogP contribution in [0.4, 0.5) is 0 Å². The van der Waals surface area contributed by atoms with E-state index < -0.39 is 7.92 Å². The predicted octanol–water partition coefficient (Wildman–Crippen LogP) is 4.25. The maximum atomic E-state index is 4.74. The van der Waals surface area contributed by atoms with Gasteiger partial charge in [-0.1, -0.05) is 78.9 Å². The molecule has 1 heterocycles. The Kier molecular flexibility index (Phi) is 4.69. The Bertz CT molecular complexity index is 967. The predicted molar refractivity (Wildman–Crippen MR) is 112 cm³/mol. The zero-order valence-electron chi connectivity index (χ0n) is 15.0. The molecule has 0 saturated heterocycles. The van der Waals surface area contributed by atoms with Crippen LogP contribution in [0.5, 0.6) is 0 Å². The van der Waals surface area contributed by atoms with Gasteiger partial charge < -0.3 is 0 Å². The third-order valence-corrected chi connectivity index (χ3v) is 6.88. The second kappa shape index (κ2) is 7.27. The molecule has 0 fully saturated rings. The molecular formula is C23H21N2P. The van der Waals surface area contributed by atoms with Crippen LogP contribution < -0.4 is 15.9 Å². The molecule has 0 bridgehead atoms. The van der Waals surface area contributed by atoms with Gasteiger partial charge in [0.1, 0.15) is 0 Å². The quantitative estimate of drug-likeness (QED) is 0.500. The van der Waals surface area contributed by atoms with Crippen LogP contribution >= 0.6 is 7.92 Å². The van der Waals surface area contributed by atoms with Crippen molar-refractivity contribution in [3.05, 3.63) is 102 Å². The summed E-state index contributed by atoms with van der Waals surface area (Å²) in [6, 6.07) is 32.4. The fourth-order valence-electron chi connectivity index (χ4n) is 3.29. The number of aromatic nitrogens is 2. The summed E-state index contributed by atoms with van der Waals surface area (Å²) in [5.41, 5.74) is 3.36. The zero-order chi connectivity index (χ0) is 17.9. The summed E-state index contributed by atoms with van der Waals surface area (Å²) in [4.78, 5) is 0. The van der Waals surface area contributed by atoms with E-state index in [4.69, 9.17) is 5.10 Å². The van der Waals surface area contributed by atoms with Crippen LogP contribution in [0, 0.1) is 13.8 Å². The maximum absolute atomic E-state index is 4.74. The van der Waals surface area contributed by atoms with Gasteiger partial charge in [-0.3, -0.25) is 0 Å². The van der Waals surface area contributed by atoms with Crippen molar-refractivity contribution in [1.29, 1.82) is 0 Å². The summed E-state index contributed by atoms with van der Waals surface area (Å²) in [5.74, 6) is 0. The zero-order valence-corrected chi connectivity index (χ0v) is 15.9. The summed E-state index contributed by atoms with van der Waals surface area (Å²) in [6.07, 6.45) is 0. The Balaban J connectivity index is 1.95. The minimum Gasteiger partial charge on any atom is -0.237 e. The van der Waals surface area contributed by atoms with Gasteiger partial charge in [-0.05, 0) is 44.5 Å². The molecule has 0 N–H and O–H groups in total.